The van der Waals surface area contributed by atoms with E-state index >= 15 is 0 Å². The third-order valence-corrected chi connectivity index (χ3v) is 2.98. The zero-order valence-electron chi connectivity index (χ0n) is 10.5. The normalized spacial score (nSPS) is 12.4. The molecule has 0 aromatic heterocycles. The van der Waals surface area contributed by atoms with Crippen molar-refractivity contribution in [1.82, 2.24) is 0 Å². The van der Waals surface area contributed by atoms with Gasteiger partial charge in [0.25, 0.3) is 0 Å². The van der Waals surface area contributed by atoms with Crippen molar-refractivity contribution in [2.45, 2.75) is 18.9 Å². The molecule has 2 aromatic rings. The van der Waals surface area contributed by atoms with E-state index in [0.29, 0.717) is 11.1 Å². The third-order valence-electron chi connectivity index (χ3n) is 2.98. The van der Waals surface area contributed by atoms with Crippen molar-refractivity contribution in [3.05, 3.63) is 70.8 Å². The van der Waals surface area contributed by atoms with E-state index in [2.05, 4.69) is 0 Å². The van der Waals surface area contributed by atoms with Gasteiger partial charge in [-0.2, -0.15) is 0 Å². The van der Waals surface area contributed by atoms with Crippen molar-refractivity contribution >= 4 is 0 Å². The number of nitrogens with two attached hydrogens (primary N) is 1. The molecule has 5 heteroatoms. The Morgan fingerprint density at radius 1 is 0.800 bits per heavy atom. The van der Waals surface area contributed by atoms with E-state index in [1.807, 2.05) is 0 Å². The monoisotopic (exact) mass is 283 g/mol. The van der Waals surface area contributed by atoms with Crippen LogP contribution in [0.25, 0.3) is 0 Å². The van der Waals surface area contributed by atoms with Gasteiger partial charge in [-0.1, -0.05) is 12.1 Å². The van der Waals surface area contributed by atoms with Gasteiger partial charge in [-0.05, 0) is 42.2 Å². The van der Waals surface area contributed by atoms with Crippen molar-refractivity contribution in [2.75, 3.05) is 0 Å². The Morgan fingerprint density at radius 3 is 2.20 bits per heavy atom. The Kier molecular flexibility index (Phi) is 4.39. The maximum absolute atomic E-state index is 13.5. The zero-order chi connectivity index (χ0) is 14.7. The minimum Gasteiger partial charge on any atom is -0.327 e. The van der Waals surface area contributed by atoms with Crippen molar-refractivity contribution in [3.8, 4) is 0 Å². The molecule has 1 nitrogen and oxygen atoms in total. The molecule has 0 saturated carbocycles. The predicted molar refractivity (Wildman–Crippen MR) is 68.1 cm³/mol. The summed E-state index contributed by atoms with van der Waals surface area (Å²) in [7, 11) is 0. The summed E-state index contributed by atoms with van der Waals surface area (Å²) in [6, 6.07) is 6.32. The summed E-state index contributed by atoms with van der Waals surface area (Å²) in [5.74, 6) is -3.18. The van der Waals surface area contributed by atoms with E-state index in [-0.39, 0.29) is 12.8 Å². The highest BCUT2D eigenvalue weighted by Crippen LogP contribution is 2.14. The molecule has 0 aliphatic rings. The van der Waals surface area contributed by atoms with Gasteiger partial charge in [0, 0.05) is 12.1 Å². The maximum atomic E-state index is 13.5. The van der Waals surface area contributed by atoms with Gasteiger partial charge >= 0.3 is 0 Å². The Morgan fingerprint density at radius 2 is 1.55 bits per heavy atom. The first-order valence-corrected chi connectivity index (χ1v) is 6.09. The summed E-state index contributed by atoms with van der Waals surface area (Å²) in [6.07, 6.45) is 0.457. The Balaban J connectivity index is 2.04. The molecule has 0 spiro atoms. The Bertz CT molecular complexity index is 613. The smallest absolute Gasteiger partial charge is 0.159 e. The van der Waals surface area contributed by atoms with E-state index in [4.69, 9.17) is 5.73 Å². The molecular formula is C15H13F4N. The summed E-state index contributed by atoms with van der Waals surface area (Å²) in [5.41, 5.74) is 6.68. The zero-order valence-corrected chi connectivity index (χ0v) is 10.5. The molecule has 0 heterocycles. The molecule has 0 saturated heterocycles. The van der Waals surface area contributed by atoms with Crippen LogP contribution in [0.1, 0.15) is 11.1 Å². The second kappa shape index (κ2) is 6.05. The first-order valence-electron chi connectivity index (χ1n) is 6.09. The van der Waals surface area contributed by atoms with E-state index in [1.54, 1.807) is 0 Å². The molecule has 0 amide bonds. The molecule has 0 aliphatic heterocycles. The van der Waals surface area contributed by atoms with Crippen LogP contribution in [-0.4, -0.2) is 6.04 Å². The Hall–Kier alpha value is -1.88. The molecular weight excluding hydrogens is 270 g/mol. The molecule has 0 aliphatic carbocycles. The van der Waals surface area contributed by atoms with Crippen LogP contribution in [-0.2, 0) is 12.8 Å². The number of hydrogen-bond acceptors (Lipinski definition) is 1. The molecule has 2 aromatic carbocycles. The summed E-state index contributed by atoms with van der Waals surface area (Å²) >= 11 is 0. The quantitative estimate of drug-likeness (QED) is 0.856. The summed E-state index contributed by atoms with van der Waals surface area (Å²) in [5, 5.41) is 0. The van der Waals surface area contributed by atoms with E-state index in [1.165, 1.54) is 12.1 Å². The summed E-state index contributed by atoms with van der Waals surface area (Å²) in [4.78, 5) is 0. The van der Waals surface area contributed by atoms with Crippen LogP contribution in [0.3, 0.4) is 0 Å². The summed E-state index contributed by atoms with van der Waals surface area (Å²) in [6.45, 7) is 0. The van der Waals surface area contributed by atoms with Crippen molar-refractivity contribution < 1.29 is 17.6 Å². The van der Waals surface area contributed by atoms with Crippen LogP contribution in [0.4, 0.5) is 17.6 Å². The number of benzene rings is 2. The fourth-order valence-electron chi connectivity index (χ4n) is 2.01. The second-order valence-electron chi connectivity index (χ2n) is 4.65. The SMILES string of the molecule is NC(Cc1ccc(F)c(F)c1)Cc1ccc(F)cc1F. The standard InChI is InChI=1S/C15H13F4N/c16-11-3-2-10(14(18)8-11)7-12(20)5-9-1-4-13(17)15(19)6-9/h1-4,6,8,12H,5,7,20H2. The van der Waals surface area contributed by atoms with E-state index in [9.17, 15) is 17.6 Å². The van der Waals surface area contributed by atoms with E-state index < -0.39 is 29.3 Å². The number of rotatable bonds is 4. The molecule has 1 atom stereocenters. The topological polar surface area (TPSA) is 26.0 Å². The van der Waals surface area contributed by atoms with Gasteiger partial charge in [0.05, 0.1) is 0 Å². The fraction of sp³-hybridized carbons (Fsp3) is 0.200. The van der Waals surface area contributed by atoms with Gasteiger partial charge < -0.3 is 5.73 Å². The van der Waals surface area contributed by atoms with Gasteiger partial charge in [0.15, 0.2) is 11.6 Å². The average molecular weight is 283 g/mol. The highest BCUT2D eigenvalue weighted by Gasteiger charge is 2.11. The van der Waals surface area contributed by atoms with Crippen LogP contribution in [0, 0.1) is 23.3 Å². The van der Waals surface area contributed by atoms with E-state index in [0.717, 1.165) is 24.3 Å². The van der Waals surface area contributed by atoms with Gasteiger partial charge in [-0.15, -0.1) is 0 Å². The molecule has 1 unspecified atom stereocenters. The molecule has 106 valence electrons. The predicted octanol–water partition coefficient (Wildman–Crippen LogP) is 3.36. The lowest BCUT2D eigenvalue weighted by Gasteiger charge is -2.12. The molecule has 2 rings (SSSR count). The fourth-order valence-corrected chi connectivity index (χ4v) is 2.01. The van der Waals surface area contributed by atoms with Crippen LogP contribution in [0.2, 0.25) is 0 Å². The van der Waals surface area contributed by atoms with Crippen molar-refractivity contribution in [3.63, 3.8) is 0 Å². The second-order valence-corrected chi connectivity index (χ2v) is 4.65. The average Bonchev–Trinajstić information content (AvgIpc) is 2.37. The molecule has 0 radical (unpaired) electrons. The molecule has 2 N–H and O–H groups in total. The largest absolute Gasteiger partial charge is 0.327 e. The number of hydrogen-bond donors (Lipinski definition) is 1. The minimum absolute atomic E-state index is 0.186. The number of halogens is 4. The van der Waals surface area contributed by atoms with Gasteiger partial charge in [0.1, 0.15) is 11.6 Å². The van der Waals surface area contributed by atoms with Crippen LogP contribution >= 0.6 is 0 Å². The Labute approximate surface area is 114 Å². The minimum atomic E-state index is -0.942. The van der Waals surface area contributed by atoms with Crippen molar-refractivity contribution in [2.24, 2.45) is 5.73 Å². The van der Waals surface area contributed by atoms with Gasteiger partial charge in [-0.25, -0.2) is 17.6 Å². The maximum Gasteiger partial charge on any atom is 0.159 e. The highest BCUT2D eigenvalue weighted by molar-refractivity contribution is 5.22. The molecule has 0 bridgehead atoms. The van der Waals surface area contributed by atoms with Crippen molar-refractivity contribution in [1.29, 1.82) is 0 Å². The lowest BCUT2D eigenvalue weighted by Crippen LogP contribution is -2.26. The van der Waals surface area contributed by atoms with Crippen LogP contribution < -0.4 is 5.73 Å². The van der Waals surface area contributed by atoms with Crippen LogP contribution in [0.5, 0.6) is 0 Å². The first-order chi connectivity index (χ1) is 9.45. The molecule has 0 fully saturated rings. The molecule has 20 heavy (non-hydrogen) atoms. The van der Waals surface area contributed by atoms with Gasteiger partial charge in [-0.3, -0.25) is 0 Å². The van der Waals surface area contributed by atoms with Crippen LogP contribution in [0.15, 0.2) is 36.4 Å². The first kappa shape index (κ1) is 14.5. The third kappa shape index (κ3) is 3.57. The summed E-state index contributed by atoms with van der Waals surface area (Å²) < 4.78 is 52.1. The lowest BCUT2D eigenvalue weighted by molar-refractivity contribution is 0.505. The van der Waals surface area contributed by atoms with Gasteiger partial charge in [0.2, 0.25) is 0 Å². The highest BCUT2D eigenvalue weighted by atomic mass is 19.2. The lowest BCUT2D eigenvalue weighted by atomic mass is 9.99.